The molecule has 0 radical (unpaired) electrons. The Balaban J connectivity index is 2.31. The molecule has 0 saturated heterocycles. The predicted octanol–water partition coefficient (Wildman–Crippen LogP) is 4.17. The van der Waals surface area contributed by atoms with E-state index < -0.39 is 0 Å². The quantitative estimate of drug-likeness (QED) is 0.688. The van der Waals surface area contributed by atoms with Crippen LogP contribution in [0, 0.1) is 12.8 Å². The summed E-state index contributed by atoms with van der Waals surface area (Å²) in [6, 6.07) is 5.65. The third kappa shape index (κ3) is 4.17. The van der Waals surface area contributed by atoms with Crippen LogP contribution in [0.3, 0.4) is 0 Å². The summed E-state index contributed by atoms with van der Waals surface area (Å²) in [5, 5.41) is 0.908. The van der Waals surface area contributed by atoms with Crippen molar-refractivity contribution < 1.29 is 18.7 Å². The van der Waals surface area contributed by atoms with Crippen molar-refractivity contribution in [1.82, 2.24) is 4.90 Å². The van der Waals surface area contributed by atoms with Crippen LogP contribution in [-0.4, -0.2) is 37.0 Å². The fourth-order valence-electron chi connectivity index (χ4n) is 2.59. The van der Waals surface area contributed by atoms with Crippen LogP contribution in [0.15, 0.2) is 27.1 Å². The van der Waals surface area contributed by atoms with Crippen molar-refractivity contribution in [3.63, 3.8) is 0 Å². The molecule has 0 aliphatic carbocycles. The molecule has 0 aliphatic rings. The van der Waals surface area contributed by atoms with Gasteiger partial charge < -0.3 is 14.1 Å². The standard InChI is InChI=1S/C18H22BrNO4/c1-11(2)10-20(8-7-16(21)23-4)18(22)17-12(3)14-9-13(19)5-6-15(14)24-17/h5-6,9,11H,7-8,10H2,1-4H3. The third-order valence-electron chi connectivity index (χ3n) is 3.78. The van der Waals surface area contributed by atoms with E-state index in [2.05, 4.69) is 20.7 Å². The molecule has 0 N–H and O–H groups in total. The highest BCUT2D eigenvalue weighted by Crippen LogP contribution is 2.29. The number of carbonyl (C=O) groups excluding carboxylic acids is 2. The summed E-state index contributed by atoms with van der Waals surface area (Å²) in [4.78, 5) is 26.0. The van der Waals surface area contributed by atoms with E-state index in [1.807, 2.05) is 39.0 Å². The average Bonchev–Trinajstić information content (AvgIpc) is 2.86. The van der Waals surface area contributed by atoms with Gasteiger partial charge in [0.25, 0.3) is 5.91 Å². The molecule has 1 heterocycles. The summed E-state index contributed by atoms with van der Waals surface area (Å²) in [6.07, 6.45) is 0.166. The topological polar surface area (TPSA) is 59.8 Å². The second-order valence-electron chi connectivity index (χ2n) is 6.17. The summed E-state index contributed by atoms with van der Waals surface area (Å²) in [6.45, 7) is 6.79. The zero-order valence-corrected chi connectivity index (χ0v) is 16.0. The summed E-state index contributed by atoms with van der Waals surface area (Å²) in [5.74, 6) is 0.0817. The van der Waals surface area contributed by atoms with Crippen molar-refractivity contribution in [2.45, 2.75) is 27.2 Å². The number of esters is 1. The highest BCUT2D eigenvalue weighted by molar-refractivity contribution is 9.10. The van der Waals surface area contributed by atoms with Crippen LogP contribution in [0.2, 0.25) is 0 Å². The third-order valence-corrected chi connectivity index (χ3v) is 4.27. The molecule has 5 nitrogen and oxygen atoms in total. The van der Waals surface area contributed by atoms with E-state index in [1.54, 1.807) is 4.90 Å². The van der Waals surface area contributed by atoms with Crippen molar-refractivity contribution in [2.24, 2.45) is 5.92 Å². The van der Waals surface area contributed by atoms with Crippen LogP contribution in [0.1, 0.15) is 36.4 Å². The molecule has 0 unspecified atom stereocenters. The molecular formula is C18H22BrNO4. The van der Waals surface area contributed by atoms with Gasteiger partial charge in [-0.25, -0.2) is 0 Å². The van der Waals surface area contributed by atoms with Gasteiger partial charge in [-0.05, 0) is 31.0 Å². The van der Waals surface area contributed by atoms with E-state index >= 15 is 0 Å². The van der Waals surface area contributed by atoms with Crippen molar-refractivity contribution >= 4 is 38.8 Å². The smallest absolute Gasteiger partial charge is 0.307 e. The lowest BCUT2D eigenvalue weighted by Gasteiger charge is -2.23. The number of furan rings is 1. The number of amides is 1. The minimum Gasteiger partial charge on any atom is -0.469 e. The van der Waals surface area contributed by atoms with Crippen molar-refractivity contribution in [2.75, 3.05) is 20.2 Å². The lowest BCUT2D eigenvalue weighted by molar-refractivity contribution is -0.140. The maximum atomic E-state index is 12.9. The van der Waals surface area contributed by atoms with E-state index in [-0.39, 0.29) is 24.2 Å². The highest BCUT2D eigenvalue weighted by atomic mass is 79.9. The molecule has 1 amide bonds. The van der Waals surface area contributed by atoms with Crippen molar-refractivity contribution in [3.05, 3.63) is 34.0 Å². The number of hydrogen-bond acceptors (Lipinski definition) is 4. The molecule has 0 bridgehead atoms. The van der Waals surface area contributed by atoms with Crippen molar-refractivity contribution in [3.8, 4) is 0 Å². The Hall–Kier alpha value is -1.82. The lowest BCUT2D eigenvalue weighted by atomic mass is 10.1. The summed E-state index contributed by atoms with van der Waals surface area (Å²) in [7, 11) is 1.35. The Kier molecular flexibility index (Phi) is 6.04. The summed E-state index contributed by atoms with van der Waals surface area (Å²) < 4.78 is 11.4. The predicted molar refractivity (Wildman–Crippen MR) is 96.0 cm³/mol. The van der Waals surface area contributed by atoms with Gasteiger partial charge in [0.1, 0.15) is 5.58 Å². The first-order chi connectivity index (χ1) is 11.3. The van der Waals surface area contributed by atoms with Crippen LogP contribution < -0.4 is 0 Å². The minimum atomic E-state index is -0.332. The number of ether oxygens (including phenoxy) is 1. The van der Waals surface area contributed by atoms with Gasteiger partial charge in [-0.3, -0.25) is 9.59 Å². The number of aryl methyl sites for hydroxylation is 1. The Bertz CT molecular complexity index is 751. The largest absolute Gasteiger partial charge is 0.469 e. The summed E-state index contributed by atoms with van der Waals surface area (Å²) >= 11 is 3.43. The molecule has 1 aromatic carbocycles. The van der Waals surface area contributed by atoms with Gasteiger partial charge in [0, 0.05) is 28.5 Å². The summed E-state index contributed by atoms with van der Waals surface area (Å²) in [5.41, 5.74) is 1.49. The number of nitrogens with zero attached hydrogens (tertiary/aromatic N) is 1. The lowest BCUT2D eigenvalue weighted by Crippen LogP contribution is -2.36. The van der Waals surface area contributed by atoms with E-state index in [9.17, 15) is 9.59 Å². The Labute approximate surface area is 150 Å². The van der Waals surface area contributed by atoms with E-state index in [0.29, 0.717) is 24.4 Å². The van der Waals surface area contributed by atoms with Crippen LogP contribution in [0.25, 0.3) is 11.0 Å². The molecule has 2 rings (SSSR count). The molecule has 24 heavy (non-hydrogen) atoms. The first-order valence-corrected chi connectivity index (χ1v) is 8.67. The number of rotatable bonds is 6. The molecule has 0 fully saturated rings. The fourth-order valence-corrected chi connectivity index (χ4v) is 2.95. The zero-order valence-electron chi connectivity index (χ0n) is 14.4. The van der Waals surface area contributed by atoms with Gasteiger partial charge in [0.15, 0.2) is 5.76 Å². The molecule has 0 saturated carbocycles. The van der Waals surface area contributed by atoms with E-state index in [1.165, 1.54) is 7.11 Å². The Morgan fingerprint density at radius 2 is 2.04 bits per heavy atom. The Morgan fingerprint density at radius 1 is 1.33 bits per heavy atom. The van der Waals surface area contributed by atoms with Gasteiger partial charge in [0.05, 0.1) is 13.5 Å². The number of benzene rings is 1. The number of hydrogen-bond donors (Lipinski definition) is 0. The molecule has 1 aromatic heterocycles. The van der Waals surface area contributed by atoms with Gasteiger partial charge in [-0.2, -0.15) is 0 Å². The minimum absolute atomic E-state index is 0.166. The molecule has 6 heteroatoms. The zero-order chi connectivity index (χ0) is 17.9. The molecule has 2 aromatic rings. The SMILES string of the molecule is COC(=O)CCN(CC(C)C)C(=O)c1oc2ccc(Br)cc2c1C. The molecule has 0 spiro atoms. The van der Waals surface area contributed by atoms with Crippen LogP contribution in [0.5, 0.6) is 0 Å². The number of halogens is 1. The number of fused-ring (bicyclic) bond motifs is 1. The number of carbonyl (C=O) groups is 2. The number of methoxy groups -OCH3 is 1. The van der Waals surface area contributed by atoms with Gasteiger partial charge in [0.2, 0.25) is 0 Å². The molecule has 0 atom stereocenters. The second-order valence-corrected chi connectivity index (χ2v) is 7.08. The van der Waals surface area contributed by atoms with Gasteiger partial charge >= 0.3 is 5.97 Å². The van der Waals surface area contributed by atoms with Crippen LogP contribution in [0.4, 0.5) is 0 Å². The van der Waals surface area contributed by atoms with Gasteiger partial charge in [-0.15, -0.1) is 0 Å². The van der Waals surface area contributed by atoms with Crippen molar-refractivity contribution in [1.29, 1.82) is 0 Å². The maximum absolute atomic E-state index is 12.9. The normalized spacial score (nSPS) is 11.1. The van der Waals surface area contributed by atoms with Crippen LogP contribution in [-0.2, 0) is 9.53 Å². The van der Waals surface area contributed by atoms with Crippen LogP contribution >= 0.6 is 15.9 Å². The highest BCUT2D eigenvalue weighted by Gasteiger charge is 2.24. The molecular weight excluding hydrogens is 374 g/mol. The van der Waals surface area contributed by atoms with E-state index in [4.69, 9.17) is 4.42 Å². The Morgan fingerprint density at radius 3 is 2.67 bits per heavy atom. The first kappa shape index (κ1) is 18.5. The van der Waals surface area contributed by atoms with E-state index in [0.717, 1.165) is 15.4 Å². The van der Waals surface area contributed by atoms with Gasteiger partial charge in [-0.1, -0.05) is 29.8 Å². The molecule has 0 aliphatic heterocycles. The second kappa shape index (κ2) is 7.83. The average molecular weight is 396 g/mol. The maximum Gasteiger partial charge on any atom is 0.307 e. The first-order valence-electron chi connectivity index (χ1n) is 7.88. The molecule has 130 valence electrons. The monoisotopic (exact) mass is 395 g/mol. The fraction of sp³-hybridized carbons (Fsp3) is 0.444.